The lowest BCUT2D eigenvalue weighted by atomic mass is 10.1. The fourth-order valence-corrected chi connectivity index (χ4v) is 2.58. The molecule has 3 rings (SSSR count). The second-order valence-corrected chi connectivity index (χ2v) is 5.62. The van der Waals surface area contributed by atoms with E-state index in [2.05, 4.69) is 9.97 Å². The second-order valence-electron chi connectivity index (χ2n) is 5.62. The predicted molar refractivity (Wildman–Crippen MR) is 88.6 cm³/mol. The van der Waals surface area contributed by atoms with Crippen LogP contribution in [0.3, 0.4) is 0 Å². The van der Waals surface area contributed by atoms with Crippen molar-refractivity contribution in [3.05, 3.63) is 75.6 Å². The van der Waals surface area contributed by atoms with E-state index >= 15 is 0 Å². The van der Waals surface area contributed by atoms with Crippen LogP contribution in [0.4, 0.5) is 4.39 Å². The van der Waals surface area contributed by atoms with Gasteiger partial charge in [0.1, 0.15) is 11.6 Å². The minimum Gasteiger partial charge on any atom is -0.309 e. The molecule has 0 aliphatic carbocycles. The summed E-state index contributed by atoms with van der Waals surface area (Å²) in [6, 6.07) is 13.4. The molecule has 120 valence electrons. The first-order chi connectivity index (χ1) is 11.6. The first-order valence-electron chi connectivity index (χ1n) is 7.42. The van der Waals surface area contributed by atoms with Crippen LogP contribution in [0, 0.1) is 17.1 Å². The van der Waals surface area contributed by atoms with E-state index in [1.54, 1.807) is 25.2 Å². The van der Waals surface area contributed by atoms with Gasteiger partial charge in [-0.1, -0.05) is 12.1 Å². The lowest BCUT2D eigenvalue weighted by molar-refractivity contribution is 0.305. The molecular formula is C18H15FN4O. The van der Waals surface area contributed by atoms with Gasteiger partial charge in [0.2, 0.25) is 0 Å². The molecular weight excluding hydrogens is 307 g/mol. The van der Waals surface area contributed by atoms with Crippen molar-refractivity contribution < 1.29 is 4.39 Å². The molecule has 1 N–H and O–H groups in total. The number of halogens is 1. The van der Waals surface area contributed by atoms with Gasteiger partial charge in [0.25, 0.3) is 5.56 Å². The van der Waals surface area contributed by atoms with Crippen LogP contribution in [-0.4, -0.2) is 21.9 Å². The Morgan fingerprint density at radius 2 is 2.04 bits per heavy atom. The molecule has 2 aromatic carbocycles. The van der Waals surface area contributed by atoms with E-state index in [0.717, 1.165) is 0 Å². The molecule has 0 saturated carbocycles. The van der Waals surface area contributed by atoms with Crippen LogP contribution in [0.5, 0.6) is 0 Å². The molecule has 0 aliphatic heterocycles. The van der Waals surface area contributed by atoms with E-state index in [1.807, 2.05) is 17.0 Å². The summed E-state index contributed by atoms with van der Waals surface area (Å²) in [4.78, 5) is 21.1. The zero-order chi connectivity index (χ0) is 17.1. The molecule has 0 radical (unpaired) electrons. The molecule has 5 nitrogen and oxygen atoms in total. The molecule has 0 fully saturated rings. The number of nitrogens with one attached hydrogen (secondary N) is 1. The summed E-state index contributed by atoms with van der Waals surface area (Å²) in [5, 5.41) is 9.46. The number of fused-ring (bicyclic) bond motifs is 1. The van der Waals surface area contributed by atoms with Crippen molar-refractivity contribution in [2.45, 2.75) is 13.1 Å². The van der Waals surface area contributed by atoms with Crippen LogP contribution < -0.4 is 5.56 Å². The highest BCUT2D eigenvalue weighted by Gasteiger charge is 2.10. The lowest BCUT2D eigenvalue weighted by Gasteiger charge is -2.16. The van der Waals surface area contributed by atoms with Crippen LogP contribution in [0.25, 0.3) is 10.9 Å². The number of hydrogen-bond donors (Lipinski definition) is 1. The maximum Gasteiger partial charge on any atom is 0.258 e. The Morgan fingerprint density at radius 1 is 1.25 bits per heavy atom. The molecule has 0 atom stereocenters. The highest BCUT2D eigenvalue weighted by Crippen LogP contribution is 2.13. The number of H-pyrrole nitrogens is 1. The van der Waals surface area contributed by atoms with Gasteiger partial charge in [-0.05, 0) is 37.4 Å². The molecule has 0 saturated heterocycles. The van der Waals surface area contributed by atoms with Gasteiger partial charge in [0.15, 0.2) is 0 Å². The standard InChI is InChI=1S/C18H15FN4O/c1-23(10-13-8-12(9-20)6-7-15(13)19)11-17-21-16-5-3-2-4-14(16)18(24)22-17/h2-8H,10-11H2,1H3,(H,21,22,24). The summed E-state index contributed by atoms with van der Waals surface area (Å²) in [5.41, 5.74) is 1.28. The Hall–Kier alpha value is -3.04. The summed E-state index contributed by atoms with van der Waals surface area (Å²) in [6.45, 7) is 0.661. The molecule has 0 bridgehead atoms. The quantitative estimate of drug-likeness (QED) is 0.801. The number of nitriles is 1. The zero-order valence-electron chi connectivity index (χ0n) is 13.1. The molecule has 0 spiro atoms. The Morgan fingerprint density at radius 3 is 2.83 bits per heavy atom. The maximum absolute atomic E-state index is 13.9. The van der Waals surface area contributed by atoms with Crippen LogP contribution in [-0.2, 0) is 13.1 Å². The number of rotatable bonds is 4. The first-order valence-corrected chi connectivity index (χ1v) is 7.42. The smallest absolute Gasteiger partial charge is 0.258 e. The highest BCUT2D eigenvalue weighted by atomic mass is 19.1. The number of aromatic nitrogens is 2. The van der Waals surface area contributed by atoms with Crippen molar-refractivity contribution in [2.75, 3.05) is 7.05 Å². The number of benzene rings is 2. The van der Waals surface area contributed by atoms with Crippen LogP contribution in [0.1, 0.15) is 17.0 Å². The summed E-state index contributed by atoms with van der Waals surface area (Å²) in [7, 11) is 1.80. The Kier molecular flexibility index (Phi) is 4.36. The number of aromatic amines is 1. The average molecular weight is 322 g/mol. The fourth-order valence-electron chi connectivity index (χ4n) is 2.58. The zero-order valence-corrected chi connectivity index (χ0v) is 13.1. The van der Waals surface area contributed by atoms with Gasteiger partial charge < -0.3 is 4.98 Å². The van der Waals surface area contributed by atoms with Crippen molar-refractivity contribution in [1.82, 2.24) is 14.9 Å². The van der Waals surface area contributed by atoms with Crippen molar-refractivity contribution in [3.8, 4) is 6.07 Å². The Bertz CT molecular complexity index is 990. The van der Waals surface area contributed by atoms with Crippen molar-refractivity contribution in [2.24, 2.45) is 0 Å². The Balaban J connectivity index is 1.82. The topological polar surface area (TPSA) is 72.8 Å². The van der Waals surface area contributed by atoms with Crippen molar-refractivity contribution in [3.63, 3.8) is 0 Å². The van der Waals surface area contributed by atoms with E-state index in [1.165, 1.54) is 18.2 Å². The van der Waals surface area contributed by atoms with Crippen LogP contribution >= 0.6 is 0 Å². The minimum absolute atomic E-state index is 0.193. The molecule has 6 heteroatoms. The number of nitrogens with zero attached hydrogens (tertiary/aromatic N) is 3. The monoisotopic (exact) mass is 322 g/mol. The van der Waals surface area contributed by atoms with Gasteiger partial charge in [-0.3, -0.25) is 9.69 Å². The normalized spacial score (nSPS) is 10.9. The molecule has 3 aromatic rings. The first kappa shape index (κ1) is 15.8. The van der Waals surface area contributed by atoms with Crippen LogP contribution in [0.2, 0.25) is 0 Å². The summed E-state index contributed by atoms with van der Waals surface area (Å²) in [5.74, 6) is 0.152. The van der Waals surface area contributed by atoms with Gasteiger partial charge in [0, 0.05) is 12.1 Å². The van der Waals surface area contributed by atoms with E-state index < -0.39 is 0 Å². The largest absolute Gasteiger partial charge is 0.309 e. The molecule has 0 unspecified atom stereocenters. The summed E-state index contributed by atoms with van der Waals surface area (Å²) >= 11 is 0. The third-order valence-electron chi connectivity index (χ3n) is 3.70. The molecule has 24 heavy (non-hydrogen) atoms. The molecule has 1 aromatic heterocycles. The second kappa shape index (κ2) is 6.60. The van der Waals surface area contributed by atoms with Crippen LogP contribution in [0.15, 0.2) is 47.3 Å². The van der Waals surface area contributed by atoms with Gasteiger partial charge in [-0.2, -0.15) is 5.26 Å². The summed E-state index contributed by atoms with van der Waals surface area (Å²) < 4.78 is 13.9. The average Bonchev–Trinajstić information content (AvgIpc) is 2.57. The predicted octanol–water partition coefficient (Wildman–Crippen LogP) is 2.57. The third-order valence-corrected chi connectivity index (χ3v) is 3.70. The van der Waals surface area contributed by atoms with Crippen molar-refractivity contribution in [1.29, 1.82) is 5.26 Å². The maximum atomic E-state index is 13.9. The summed E-state index contributed by atoms with van der Waals surface area (Å²) in [6.07, 6.45) is 0. The van der Waals surface area contributed by atoms with Gasteiger partial charge in [-0.15, -0.1) is 0 Å². The van der Waals surface area contributed by atoms with Crippen molar-refractivity contribution >= 4 is 10.9 Å². The SMILES string of the molecule is CN(Cc1nc2ccccc2c(=O)[nH]1)Cc1cc(C#N)ccc1F. The van der Waals surface area contributed by atoms with E-state index in [0.29, 0.717) is 40.9 Å². The number of para-hydroxylation sites is 1. The third kappa shape index (κ3) is 3.31. The Labute approximate surface area is 138 Å². The van der Waals surface area contributed by atoms with Gasteiger partial charge in [-0.25, -0.2) is 9.37 Å². The van der Waals surface area contributed by atoms with E-state index in [9.17, 15) is 9.18 Å². The lowest BCUT2D eigenvalue weighted by Crippen LogP contribution is -2.22. The van der Waals surface area contributed by atoms with Gasteiger partial charge in [0.05, 0.1) is 29.1 Å². The van der Waals surface area contributed by atoms with E-state index in [-0.39, 0.29) is 11.4 Å². The fraction of sp³-hybridized carbons (Fsp3) is 0.167. The molecule has 1 heterocycles. The minimum atomic E-state index is -0.360. The molecule has 0 aliphatic rings. The van der Waals surface area contributed by atoms with E-state index in [4.69, 9.17) is 5.26 Å². The molecule has 0 amide bonds. The van der Waals surface area contributed by atoms with Gasteiger partial charge >= 0.3 is 0 Å². The number of hydrogen-bond acceptors (Lipinski definition) is 4. The highest BCUT2D eigenvalue weighted by molar-refractivity contribution is 5.77.